The molecule has 0 unspecified atom stereocenters. The molecule has 0 bridgehead atoms. The van der Waals surface area contributed by atoms with Crippen molar-refractivity contribution in [3.8, 4) is 11.5 Å². The molecule has 0 saturated carbocycles. The van der Waals surface area contributed by atoms with Crippen LogP contribution in [0, 0.1) is 0 Å². The minimum Gasteiger partial charge on any atom is -0.507 e. The summed E-state index contributed by atoms with van der Waals surface area (Å²) in [7, 11) is 0. The van der Waals surface area contributed by atoms with E-state index in [0.29, 0.717) is 23.5 Å². The third-order valence-corrected chi connectivity index (χ3v) is 3.72. The van der Waals surface area contributed by atoms with Gasteiger partial charge in [-0.25, -0.2) is 0 Å². The van der Waals surface area contributed by atoms with Crippen molar-refractivity contribution in [3.05, 3.63) is 102 Å². The summed E-state index contributed by atoms with van der Waals surface area (Å²) in [5.41, 5.74) is 2.21. The van der Waals surface area contributed by atoms with Gasteiger partial charge in [0.05, 0.1) is 0 Å². The molecule has 0 aromatic heterocycles. The normalized spacial score (nSPS) is 10.7. The lowest BCUT2D eigenvalue weighted by molar-refractivity contribution is 0.104. The number of hydrogen-bond acceptors (Lipinski definition) is 3. The molecule has 0 spiro atoms. The predicted octanol–water partition coefficient (Wildman–Crippen LogP) is 4.87. The zero-order valence-electron chi connectivity index (χ0n) is 13.6. The second kappa shape index (κ2) is 7.97. The van der Waals surface area contributed by atoms with E-state index in [0.717, 1.165) is 5.56 Å². The number of ketones is 1. The molecule has 0 heterocycles. The summed E-state index contributed by atoms with van der Waals surface area (Å²) in [6, 6.07) is 23.8. The summed E-state index contributed by atoms with van der Waals surface area (Å²) in [5, 5.41) is 9.99. The Balaban J connectivity index is 1.71. The van der Waals surface area contributed by atoms with Crippen LogP contribution in [0.15, 0.2) is 84.9 Å². The molecule has 3 aromatic carbocycles. The first kappa shape index (κ1) is 16.5. The Hall–Kier alpha value is -3.33. The van der Waals surface area contributed by atoms with E-state index in [1.54, 1.807) is 36.4 Å². The molecule has 0 aliphatic heterocycles. The molecule has 3 heteroatoms. The Kier molecular flexibility index (Phi) is 5.27. The van der Waals surface area contributed by atoms with Crippen molar-refractivity contribution < 1.29 is 14.6 Å². The summed E-state index contributed by atoms with van der Waals surface area (Å²) in [5.74, 6) is 0.619. The standard InChI is InChI=1S/C22H18O3/c23-21(18-9-5-2-6-10-18)13-11-19-15-20(12-14-22(19)24)25-16-17-7-3-1-4-8-17/h1-15,24H,16H2/b13-11-. The maximum Gasteiger partial charge on any atom is 0.185 e. The first-order valence-corrected chi connectivity index (χ1v) is 7.99. The molecule has 0 aliphatic carbocycles. The second-order valence-electron chi connectivity index (χ2n) is 5.56. The maximum atomic E-state index is 12.1. The number of ether oxygens (including phenoxy) is 1. The van der Waals surface area contributed by atoms with Gasteiger partial charge in [0.15, 0.2) is 5.78 Å². The number of hydrogen-bond donors (Lipinski definition) is 1. The summed E-state index contributed by atoms with van der Waals surface area (Å²) < 4.78 is 5.75. The van der Waals surface area contributed by atoms with Gasteiger partial charge in [0.1, 0.15) is 18.1 Å². The minimum absolute atomic E-state index is 0.101. The third-order valence-electron chi connectivity index (χ3n) is 3.72. The Morgan fingerprint density at radius 1 is 0.920 bits per heavy atom. The van der Waals surface area contributed by atoms with E-state index >= 15 is 0 Å². The van der Waals surface area contributed by atoms with E-state index in [9.17, 15) is 9.90 Å². The second-order valence-corrected chi connectivity index (χ2v) is 5.56. The van der Waals surface area contributed by atoms with E-state index in [2.05, 4.69) is 0 Å². The van der Waals surface area contributed by atoms with Gasteiger partial charge >= 0.3 is 0 Å². The van der Waals surface area contributed by atoms with Gasteiger partial charge in [-0.05, 0) is 35.9 Å². The van der Waals surface area contributed by atoms with Crippen LogP contribution >= 0.6 is 0 Å². The van der Waals surface area contributed by atoms with Gasteiger partial charge < -0.3 is 9.84 Å². The molecule has 0 amide bonds. The van der Waals surface area contributed by atoms with Gasteiger partial charge in [-0.1, -0.05) is 60.7 Å². The molecule has 3 aromatic rings. The van der Waals surface area contributed by atoms with Gasteiger partial charge in [0.25, 0.3) is 0 Å². The Labute approximate surface area is 146 Å². The highest BCUT2D eigenvalue weighted by molar-refractivity contribution is 6.06. The molecule has 0 aliphatic rings. The van der Waals surface area contributed by atoms with Crippen molar-refractivity contribution in [1.82, 2.24) is 0 Å². The molecule has 0 saturated heterocycles. The van der Waals surface area contributed by atoms with E-state index in [1.807, 2.05) is 48.5 Å². The zero-order valence-corrected chi connectivity index (χ0v) is 13.6. The Morgan fingerprint density at radius 2 is 1.60 bits per heavy atom. The molecular formula is C22H18O3. The first-order chi connectivity index (χ1) is 12.2. The van der Waals surface area contributed by atoms with Crippen LogP contribution in [0.5, 0.6) is 11.5 Å². The van der Waals surface area contributed by atoms with E-state index in [1.165, 1.54) is 6.08 Å². The lowest BCUT2D eigenvalue weighted by atomic mass is 10.1. The topological polar surface area (TPSA) is 46.5 Å². The van der Waals surface area contributed by atoms with Crippen LogP contribution in [-0.4, -0.2) is 10.9 Å². The highest BCUT2D eigenvalue weighted by Gasteiger charge is 2.04. The summed E-state index contributed by atoms with van der Waals surface area (Å²) >= 11 is 0. The summed E-state index contributed by atoms with van der Waals surface area (Å²) in [6.45, 7) is 0.442. The molecule has 0 radical (unpaired) electrons. The van der Waals surface area contributed by atoms with Crippen molar-refractivity contribution in [2.75, 3.05) is 0 Å². The number of phenols is 1. The van der Waals surface area contributed by atoms with Gasteiger partial charge in [0, 0.05) is 11.1 Å². The SMILES string of the molecule is O=C(/C=C\c1cc(OCc2ccccc2)ccc1O)c1ccccc1. The van der Waals surface area contributed by atoms with E-state index < -0.39 is 0 Å². The molecule has 3 rings (SSSR count). The quantitative estimate of drug-likeness (QED) is 0.518. The zero-order chi connectivity index (χ0) is 17.5. The highest BCUT2D eigenvalue weighted by Crippen LogP contribution is 2.25. The molecular weight excluding hydrogens is 312 g/mol. The number of aromatic hydroxyl groups is 1. The molecule has 25 heavy (non-hydrogen) atoms. The van der Waals surface area contributed by atoms with Crippen LogP contribution in [0.25, 0.3) is 6.08 Å². The number of rotatable bonds is 6. The van der Waals surface area contributed by atoms with Gasteiger partial charge in [-0.2, -0.15) is 0 Å². The fourth-order valence-corrected chi connectivity index (χ4v) is 2.36. The van der Waals surface area contributed by atoms with Crippen molar-refractivity contribution in [3.63, 3.8) is 0 Å². The number of carbonyl (C=O) groups excluding carboxylic acids is 1. The Morgan fingerprint density at radius 3 is 2.32 bits per heavy atom. The fraction of sp³-hybridized carbons (Fsp3) is 0.0455. The Bertz CT molecular complexity index is 868. The lowest BCUT2D eigenvalue weighted by Crippen LogP contribution is -1.95. The maximum absolute atomic E-state index is 12.1. The fourth-order valence-electron chi connectivity index (χ4n) is 2.36. The molecule has 0 fully saturated rings. The van der Waals surface area contributed by atoms with Crippen molar-refractivity contribution in [2.24, 2.45) is 0 Å². The lowest BCUT2D eigenvalue weighted by Gasteiger charge is -2.08. The summed E-state index contributed by atoms with van der Waals surface area (Å²) in [6.07, 6.45) is 3.05. The molecule has 0 atom stereocenters. The number of allylic oxidation sites excluding steroid dienone is 1. The smallest absolute Gasteiger partial charge is 0.185 e. The van der Waals surface area contributed by atoms with E-state index in [-0.39, 0.29) is 11.5 Å². The predicted molar refractivity (Wildman–Crippen MR) is 98.7 cm³/mol. The van der Waals surface area contributed by atoms with Gasteiger partial charge in [0.2, 0.25) is 0 Å². The van der Waals surface area contributed by atoms with Crippen LogP contribution in [0.3, 0.4) is 0 Å². The van der Waals surface area contributed by atoms with Gasteiger partial charge in [-0.3, -0.25) is 4.79 Å². The largest absolute Gasteiger partial charge is 0.507 e. The van der Waals surface area contributed by atoms with Crippen molar-refractivity contribution in [1.29, 1.82) is 0 Å². The van der Waals surface area contributed by atoms with E-state index in [4.69, 9.17) is 4.74 Å². The van der Waals surface area contributed by atoms with Crippen LogP contribution in [0.2, 0.25) is 0 Å². The number of benzene rings is 3. The number of carbonyl (C=O) groups is 1. The third kappa shape index (κ3) is 4.58. The highest BCUT2D eigenvalue weighted by atomic mass is 16.5. The van der Waals surface area contributed by atoms with Crippen LogP contribution in [0.1, 0.15) is 21.5 Å². The van der Waals surface area contributed by atoms with Crippen LogP contribution in [0.4, 0.5) is 0 Å². The molecule has 1 N–H and O–H groups in total. The molecule has 3 nitrogen and oxygen atoms in total. The van der Waals surface area contributed by atoms with Crippen molar-refractivity contribution >= 4 is 11.9 Å². The first-order valence-electron chi connectivity index (χ1n) is 7.99. The number of phenolic OH excluding ortho intramolecular Hbond substituents is 1. The molecule has 124 valence electrons. The summed E-state index contributed by atoms with van der Waals surface area (Å²) in [4.78, 5) is 12.1. The average Bonchev–Trinajstić information content (AvgIpc) is 2.67. The van der Waals surface area contributed by atoms with Gasteiger partial charge in [-0.15, -0.1) is 0 Å². The monoisotopic (exact) mass is 330 g/mol. The van der Waals surface area contributed by atoms with Crippen LogP contribution < -0.4 is 4.74 Å². The average molecular weight is 330 g/mol. The van der Waals surface area contributed by atoms with Crippen molar-refractivity contribution in [2.45, 2.75) is 6.61 Å². The minimum atomic E-state index is -0.115. The van der Waals surface area contributed by atoms with Crippen LogP contribution in [-0.2, 0) is 6.61 Å².